The van der Waals surface area contributed by atoms with Gasteiger partial charge >= 0.3 is 0 Å². The Morgan fingerprint density at radius 1 is 1.22 bits per heavy atom. The molecule has 6 heteroatoms. The molecule has 2 aromatic heterocycles. The Bertz CT molecular complexity index is 853. The van der Waals surface area contributed by atoms with E-state index in [0.717, 1.165) is 17.6 Å². The third-order valence-corrected chi connectivity index (χ3v) is 3.50. The first-order valence-corrected chi connectivity index (χ1v) is 7.38. The molecular weight excluding hydrogens is 295 g/mol. The topological polar surface area (TPSA) is 63.3 Å². The highest BCUT2D eigenvalue weighted by atomic mass is 19.1. The van der Waals surface area contributed by atoms with Crippen LogP contribution >= 0.6 is 0 Å². The highest BCUT2D eigenvalue weighted by molar-refractivity contribution is 6.13. The molecule has 0 spiro atoms. The van der Waals surface area contributed by atoms with E-state index in [4.69, 9.17) is 0 Å². The molecule has 0 aliphatic carbocycles. The Balaban J connectivity index is 2.00. The minimum atomic E-state index is -0.338. The molecular formula is C17H17FN4O. The van der Waals surface area contributed by atoms with Crippen molar-refractivity contribution in [1.29, 1.82) is 0 Å². The van der Waals surface area contributed by atoms with Crippen LogP contribution in [-0.4, -0.2) is 25.7 Å². The lowest BCUT2D eigenvalue weighted by Gasteiger charge is -2.07. The van der Waals surface area contributed by atoms with E-state index >= 15 is 0 Å². The van der Waals surface area contributed by atoms with E-state index in [2.05, 4.69) is 29.1 Å². The second-order valence-electron chi connectivity index (χ2n) is 5.81. The van der Waals surface area contributed by atoms with Crippen molar-refractivity contribution in [2.24, 2.45) is 11.1 Å². The van der Waals surface area contributed by atoms with Crippen molar-refractivity contribution < 1.29 is 9.60 Å². The maximum atomic E-state index is 13.0. The summed E-state index contributed by atoms with van der Waals surface area (Å²) in [6.07, 6.45) is 3.38. The van der Waals surface area contributed by atoms with Crippen LogP contribution in [0.3, 0.4) is 0 Å². The van der Waals surface area contributed by atoms with Gasteiger partial charge in [0.25, 0.3) is 0 Å². The van der Waals surface area contributed by atoms with E-state index in [1.54, 1.807) is 24.5 Å². The minimum absolute atomic E-state index is 0.338. The van der Waals surface area contributed by atoms with Crippen LogP contribution in [0.1, 0.15) is 25.0 Å². The molecule has 0 fully saturated rings. The van der Waals surface area contributed by atoms with Gasteiger partial charge in [0.1, 0.15) is 11.5 Å². The summed E-state index contributed by atoms with van der Waals surface area (Å²) in [5.41, 5.74) is 2.40. The van der Waals surface area contributed by atoms with Crippen molar-refractivity contribution in [3.8, 4) is 0 Å². The number of oxime groups is 1. The monoisotopic (exact) mass is 312 g/mol. The maximum absolute atomic E-state index is 13.0. The lowest BCUT2D eigenvalue weighted by Crippen LogP contribution is -2.07. The van der Waals surface area contributed by atoms with Crippen molar-refractivity contribution >= 4 is 16.7 Å². The summed E-state index contributed by atoms with van der Waals surface area (Å²) in [4.78, 5) is 4.44. The predicted molar refractivity (Wildman–Crippen MR) is 86.2 cm³/mol. The van der Waals surface area contributed by atoms with E-state index in [1.165, 1.54) is 12.1 Å². The number of hydrogen-bond acceptors (Lipinski definition) is 4. The number of halogens is 1. The largest absolute Gasteiger partial charge is 0.410 e. The molecule has 0 radical (unpaired) electrons. The second kappa shape index (κ2) is 6.16. The molecule has 3 aromatic rings. The molecule has 0 saturated heterocycles. The van der Waals surface area contributed by atoms with Gasteiger partial charge in [0, 0.05) is 29.3 Å². The molecule has 0 bridgehead atoms. The average Bonchev–Trinajstić information content (AvgIpc) is 2.92. The third-order valence-electron chi connectivity index (χ3n) is 3.50. The van der Waals surface area contributed by atoms with Crippen molar-refractivity contribution in [2.45, 2.75) is 20.4 Å². The fourth-order valence-corrected chi connectivity index (χ4v) is 2.47. The van der Waals surface area contributed by atoms with Crippen LogP contribution in [0.2, 0.25) is 0 Å². The highest BCUT2D eigenvalue weighted by Gasteiger charge is 2.12. The van der Waals surface area contributed by atoms with Crippen molar-refractivity contribution in [3.05, 3.63) is 59.7 Å². The summed E-state index contributed by atoms with van der Waals surface area (Å²) in [5, 5.41) is 17.9. The first kappa shape index (κ1) is 15.1. The summed E-state index contributed by atoms with van der Waals surface area (Å²) < 4.78 is 14.9. The fourth-order valence-electron chi connectivity index (χ4n) is 2.47. The first-order valence-electron chi connectivity index (χ1n) is 7.38. The van der Waals surface area contributed by atoms with Crippen LogP contribution in [-0.2, 0) is 6.54 Å². The lowest BCUT2D eigenvalue weighted by molar-refractivity contribution is 0.319. The number of nitrogens with zero attached hydrogens (tertiary/aromatic N) is 4. The molecule has 0 amide bonds. The molecule has 0 unspecified atom stereocenters. The van der Waals surface area contributed by atoms with Gasteiger partial charge in [-0.3, -0.25) is 0 Å². The van der Waals surface area contributed by atoms with Crippen LogP contribution in [0.15, 0.2) is 47.9 Å². The molecule has 3 rings (SSSR count). The fraction of sp³-hybridized carbons (Fsp3) is 0.235. The number of benzene rings is 1. The molecule has 1 N–H and O–H groups in total. The summed E-state index contributed by atoms with van der Waals surface area (Å²) in [6.45, 7) is 5.02. The van der Waals surface area contributed by atoms with Crippen molar-refractivity contribution in [2.75, 3.05) is 0 Å². The normalized spacial score (nSPS) is 12.3. The number of rotatable bonds is 4. The zero-order valence-electron chi connectivity index (χ0n) is 12.9. The van der Waals surface area contributed by atoms with E-state index in [0.29, 0.717) is 22.8 Å². The molecule has 0 aliphatic rings. The van der Waals surface area contributed by atoms with Crippen molar-refractivity contribution in [1.82, 2.24) is 14.8 Å². The number of pyridine rings is 1. The van der Waals surface area contributed by atoms with Gasteiger partial charge in [0.2, 0.25) is 0 Å². The maximum Gasteiger partial charge on any atom is 0.157 e. The van der Waals surface area contributed by atoms with E-state index in [9.17, 15) is 9.60 Å². The average molecular weight is 312 g/mol. The Kier molecular flexibility index (Phi) is 4.06. The van der Waals surface area contributed by atoms with Crippen LogP contribution in [0, 0.1) is 11.7 Å². The SMILES string of the molecule is CC(C)Cn1ncc2cc(/C(=N\O)c3ccc(F)cc3)cnc21. The van der Waals surface area contributed by atoms with Gasteiger partial charge in [-0.05, 0) is 36.2 Å². The van der Waals surface area contributed by atoms with Gasteiger partial charge in [-0.25, -0.2) is 14.1 Å². The van der Waals surface area contributed by atoms with Gasteiger partial charge < -0.3 is 5.21 Å². The zero-order chi connectivity index (χ0) is 16.4. The molecule has 1 aromatic carbocycles. The van der Waals surface area contributed by atoms with E-state index < -0.39 is 0 Å². The van der Waals surface area contributed by atoms with Gasteiger partial charge in [-0.2, -0.15) is 5.10 Å². The molecule has 23 heavy (non-hydrogen) atoms. The molecule has 5 nitrogen and oxygen atoms in total. The van der Waals surface area contributed by atoms with Crippen LogP contribution in [0.5, 0.6) is 0 Å². The summed E-state index contributed by atoms with van der Waals surface area (Å²) in [7, 11) is 0. The third kappa shape index (κ3) is 3.06. The lowest BCUT2D eigenvalue weighted by atomic mass is 10.0. The van der Waals surface area contributed by atoms with Gasteiger partial charge in [-0.15, -0.1) is 0 Å². The molecule has 0 aliphatic heterocycles. The first-order chi connectivity index (χ1) is 11.1. The van der Waals surface area contributed by atoms with E-state index in [-0.39, 0.29) is 5.82 Å². The summed E-state index contributed by atoms with van der Waals surface area (Å²) >= 11 is 0. The standard InChI is InChI=1S/C17H17FN4O/c1-11(2)10-22-17-14(9-20-22)7-13(8-19-17)16(21-23)12-3-5-15(18)6-4-12/h3-9,11,23H,10H2,1-2H3/b21-16-. The van der Waals surface area contributed by atoms with E-state index in [1.807, 2.05) is 10.7 Å². The smallest absolute Gasteiger partial charge is 0.157 e. The van der Waals surface area contributed by atoms with Crippen molar-refractivity contribution in [3.63, 3.8) is 0 Å². The molecule has 0 atom stereocenters. The molecule has 2 heterocycles. The van der Waals surface area contributed by atoms with Crippen LogP contribution in [0.25, 0.3) is 11.0 Å². The second-order valence-corrected chi connectivity index (χ2v) is 5.81. The quantitative estimate of drug-likeness (QED) is 0.456. The Morgan fingerprint density at radius 2 is 1.96 bits per heavy atom. The molecule has 0 saturated carbocycles. The Labute approximate surface area is 133 Å². The molecule has 118 valence electrons. The summed E-state index contributed by atoms with van der Waals surface area (Å²) in [6, 6.07) is 7.65. The Morgan fingerprint density at radius 3 is 2.61 bits per heavy atom. The Hall–Kier alpha value is -2.76. The minimum Gasteiger partial charge on any atom is -0.410 e. The van der Waals surface area contributed by atoms with Crippen LogP contribution in [0.4, 0.5) is 4.39 Å². The van der Waals surface area contributed by atoms with Gasteiger partial charge in [0.05, 0.1) is 6.20 Å². The summed E-state index contributed by atoms with van der Waals surface area (Å²) in [5.74, 6) is 0.128. The number of aromatic nitrogens is 3. The number of fused-ring (bicyclic) bond motifs is 1. The number of hydrogen-bond donors (Lipinski definition) is 1. The van der Waals surface area contributed by atoms with Gasteiger partial charge in [-0.1, -0.05) is 19.0 Å². The van der Waals surface area contributed by atoms with Gasteiger partial charge in [0.15, 0.2) is 5.65 Å². The van der Waals surface area contributed by atoms with Crippen LogP contribution < -0.4 is 0 Å². The zero-order valence-corrected chi connectivity index (χ0v) is 12.9. The predicted octanol–water partition coefficient (Wildman–Crippen LogP) is 3.45. The highest BCUT2D eigenvalue weighted by Crippen LogP contribution is 2.18.